The molecule has 2 aromatic carbocycles. The van der Waals surface area contributed by atoms with Crippen LogP contribution in [-0.4, -0.2) is 23.7 Å². The van der Waals surface area contributed by atoms with E-state index in [4.69, 9.17) is 4.74 Å². The van der Waals surface area contributed by atoms with Gasteiger partial charge in [-0.25, -0.2) is 9.18 Å². The number of carbonyl (C=O) groups excluding carboxylic acids is 1. The van der Waals surface area contributed by atoms with Crippen LogP contribution in [0.5, 0.6) is 0 Å². The lowest BCUT2D eigenvalue weighted by Gasteiger charge is -2.25. The summed E-state index contributed by atoms with van der Waals surface area (Å²) in [6, 6.07) is 10.6. The Morgan fingerprint density at radius 2 is 2.04 bits per heavy atom. The molecule has 1 fully saturated rings. The second-order valence-electron chi connectivity index (χ2n) is 5.99. The lowest BCUT2D eigenvalue weighted by atomic mass is 9.99. The first-order valence-electron chi connectivity index (χ1n) is 8.22. The van der Waals surface area contributed by atoms with Gasteiger partial charge in [-0.2, -0.15) is 0 Å². The molecule has 0 radical (unpaired) electrons. The summed E-state index contributed by atoms with van der Waals surface area (Å²) in [5.41, 5.74) is 0.923. The number of ether oxygens (including phenoxy) is 1. The molecule has 0 spiro atoms. The largest absolute Gasteiger partial charge is 0.376 e. The third kappa shape index (κ3) is 4.34. The fourth-order valence-corrected chi connectivity index (χ4v) is 2.93. The van der Waals surface area contributed by atoms with Crippen LogP contribution in [0.15, 0.2) is 48.5 Å². The van der Waals surface area contributed by atoms with Crippen molar-refractivity contribution in [2.45, 2.75) is 25.0 Å². The Morgan fingerprint density at radius 1 is 1.27 bits per heavy atom. The third-order valence-corrected chi connectivity index (χ3v) is 4.17. The van der Waals surface area contributed by atoms with Gasteiger partial charge in [0.25, 0.3) is 5.69 Å². The lowest BCUT2D eigenvalue weighted by Crippen LogP contribution is -2.38. The highest BCUT2D eigenvalue weighted by atomic mass is 19.1. The van der Waals surface area contributed by atoms with E-state index in [9.17, 15) is 19.3 Å². The monoisotopic (exact) mass is 359 g/mol. The van der Waals surface area contributed by atoms with Gasteiger partial charge in [-0.05, 0) is 36.6 Å². The number of hydrogen-bond acceptors (Lipinski definition) is 4. The van der Waals surface area contributed by atoms with Crippen molar-refractivity contribution in [1.29, 1.82) is 0 Å². The summed E-state index contributed by atoms with van der Waals surface area (Å²) in [5, 5.41) is 16.2. The van der Waals surface area contributed by atoms with Gasteiger partial charge in [0, 0.05) is 24.4 Å². The molecule has 0 bridgehead atoms. The third-order valence-electron chi connectivity index (χ3n) is 4.17. The number of amides is 2. The molecular weight excluding hydrogens is 341 g/mol. The minimum Gasteiger partial charge on any atom is -0.376 e. The van der Waals surface area contributed by atoms with E-state index < -0.39 is 17.0 Å². The summed E-state index contributed by atoms with van der Waals surface area (Å²) in [7, 11) is 0. The van der Waals surface area contributed by atoms with Gasteiger partial charge in [0.2, 0.25) is 0 Å². The molecular formula is C18H18FN3O4. The molecule has 0 saturated carbocycles. The maximum absolute atomic E-state index is 13.2. The zero-order chi connectivity index (χ0) is 18.5. The fraction of sp³-hybridized carbons (Fsp3) is 0.278. The zero-order valence-corrected chi connectivity index (χ0v) is 13.9. The maximum Gasteiger partial charge on any atom is 0.319 e. The Labute approximate surface area is 149 Å². The highest BCUT2D eigenvalue weighted by molar-refractivity contribution is 5.89. The van der Waals surface area contributed by atoms with Gasteiger partial charge >= 0.3 is 6.03 Å². The number of non-ortho nitro benzene ring substituents is 1. The number of rotatable bonds is 5. The van der Waals surface area contributed by atoms with Crippen molar-refractivity contribution in [2.75, 3.05) is 11.9 Å². The highest BCUT2D eigenvalue weighted by Crippen LogP contribution is 2.27. The summed E-state index contributed by atoms with van der Waals surface area (Å²) in [6.07, 6.45) is 1.45. The van der Waals surface area contributed by atoms with Crippen LogP contribution >= 0.6 is 0 Å². The predicted molar refractivity (Wildman–Crippen MR) is 93.4 cm³/mol. The van der Waals surface area contributed by atoms with Crippen LogP contribution in [0.2, 0.25) is 0 Å². The van der Waals surface area contributed by atoms with E-state index in [-0.39, 0.29) is 17.6 Å². The Bertz CT molecular complexity index is 791. The van der Waals surface area contributed by atoms with Gasteiger partial charge in [-0.3, -0.25) is 10.1 Å². The number of nitro groups is 1. The van der Waals surface area contributed by atoms with Gasteiger partial charge in [0.15, 0.2) is 0 Å². The van der Waals surface area contributed by atoms with Gasteiger partial charge in [0.05, 0.1) is 17.1 Å². The predicted octanol–water partition coefficient (Wildman–Crippen LogP) is 3.78. The van der Waals surface area contributed by atoms with Gasteiger partial charge < -0.3 is 15.4 Å². The van der Waals surface area contributed by atoms with E-state index in [1.54, 1.807) is 18.2 Å². The van der Waals surface area contributed by atoms with Gasteiger partial charge in [-0.1, -0.05) is 18.2 Å². The van der Waals surface area contributed by atoms with Crippen LogP contribution in [0.3, 0.4) is 0 Å². The number of anilines is 1. The maximum atomic E-state index is 13.2. The summed E-state index contributed by atoms with van der Waals surface area (Å²) in [4.78, 5) is 22.7. The standard InChI is InChI=1S/C18H18FN3O4/c19-13-8-6-12(7-9-13)17(16-5-2-10-26-16)21-18(23)20-14-3-1-4-15(11-14)22(24)25/h1,3-4,6-9,11,16-17H,2,5,10H2,(H2,20,21,23). The SMILES string of the molecule is O=C(Nc1cccc([N+](=O)[O-])c1)NC(c1ccc(F)cc1)C1CCCO1. The van der Waals surface area contributed by atoms with Crippen LogP contribution in [0.25, 0.3) is 0 Å². The smallest absolute Gasteiger partial charge is 0.319 e. The van der Waals surface area contributed by atoms with Crippen molar-refractivity contribution in [2.24, 2.45) is 0 Å². The van der Waals surface area contributed by atoms with Crippen molar-refractivity contribution in [3.63, 3.8) is 0 Å². The molecule has 1 aliphatic rings. The number of nitrogens with zero attached hydrogens (tertiary/aromatic N) is 1. The highest BCUT2D eigenvalue weighted by Gasteiger charge is 2.29. The minimum atomic E-state index is -0.531. The molecule has 136 valence electrons. The van der Waals surface area contributed by atoms with Crippen molar-refractivity contribution < 1.29 is 18.8 Å². The van der Waals surface area contributed by atoms with E-state index in [1.807, 2.05) is 0 Å². The summed E-state index contributed by atoms with van der Waals surface area (Å²) in [5.74, 6) is -0.360. The first-order valence-corrected chi connectivity index (χ1v) is 8.22. The fourth-order valence-electron chi connectivity index (χ4n) is 2.93. The first kappa shape index (κ1) is 17.8. The second-order valence-corrected chi connectivity index (χ2v) is 5.99. The molecule has 2 aromatic rings. The lowest BCUT2D eigenvalue weighted by molar-refractivity contribution is -0.384. The van der Waals surface area contributed by atoms with E-state index in [2.05, 4.69) is 10.6 Å². The van der Waals surface area contributed by atoms with Gasteiger partial charge in [0.1, 0.15) is 5.82 Å². The summed E-state index contributed by atoms with van der Waals surface area (Å²) in [6.45, 7) is 0.608. The second kappa shape index (κ2) is 7.92. The van der Waals surface area contributed by atoms with Crippen LogP contribution in [-0.2, 0) is 4.74 Å². The average molecular weight is 359 g/mol. The quantitative estimate of drug-likeness (QED) is 0.628. The normalized spacial score (nSPS) is 17.5. The number of nitrogens with one attached hydrogen (secondary N) is 2. The molecule has 8 heteroatoms. The molecule has 2 unspecified atom stereocenters. The van der Waals surface area contributed by atoms with Gasteiger partial charge in [-0.15, -0.1) is 0 Å². The molecule has 26 heavy (non-hydrogen) atoms. The molecule has 7 nitrogen and oxygen atoms in total. The molecule has 1 heterocycles. The molecule has 2 N–H and O–H groups in total. The topological polar surface area (TPSA) is 93.5 Å². The van der Waals surface area contributed by atoms with E-state index >= 15 is 0 Å². The minimum absolute atomic E-state index is 0.114. The zero-order valence-electron chi connectivity index (χ0n) is 13.9. The number of urea groups is 1. The Balaban J connectivity index is 1.73. The van der Waals surface area contributed by atoms with Crippen LogP contribution in [0.1, 0.15) is 24.4 Å². The number of nitro benzene ring substituents is 1. The average Bonchev–Trinajstić information content (AvgIpc) is 3.15. The van der Waals surface area contributed by atoms with E-state index in [1.165, 1.54) is 30.3 Å². The summed E-state index contributed by atoms with van der Waals surface area (Å²) < 4.78 is 18.9. The van der Waals surface area contributed by atoms with Crippen LogP contribution in [0.4, 0.5) is 20.6 Å². The van der Waals surface area contributed by atoms with Crippen LogP contribution < -0.4 is 10.6 Å². The van der Waals surface area contributed by atoms with Crippen molar-refractivity contribution in [3.8, 4) is 0 Å². The van der Waals surface area contributed by atoms with E-state index in [0.717, 1.165) is 18.4 Å². The van der Waals surface area contributed by atoms with Crippen molar-refractivity contribution in [3.05, 3.63) is 70.0 Å². The molecule has 1 aliphatic heterocycles. The van der Waals surface area contributed by atoms with Crippen molar-refractivity contribution >= 4 is 17.4 Å². The number of halogens is 1. The van der Waals surface area contributed by atoms with E-state index in [0.29, 0.717) is 12.3 Å². The molecule has 0 aliphatic carbocycles. The number of benzene rings is 2. The Kier molecular flexibility index (Phi) is 5.43. The van der Waals surface area contributed by atoms with Crippen LogP contribution in [0, 0.1) is 15.9 Å². The number of carbonyl (C=O) groups is 1. The molecule has 2 amide bonds. The summed E-state index contributed by atoms with van der Waals surface area (Å²) >= 11 is 0. The molecule has 3 rings (SSSR count). The molecule has 0 aromatic heterocycles. The molecule has 1 saturated heterocycles. The van der Waals surface area contributed by atoms with Crippen molar-refractivity contribution in [1.82, 2.24) is 5.32 Å². The Morgan fingerprint density at radius 3 is 2.69 bits per heavy atom. The molecule has 2 atom stereocenters. The Hall–Kier alpha value is -3.00. The first-order chi connectivity index (χ1) is 12.5. The number of hydrogen-bond donors (Lipinski definition) is 2.